The van der Waals surface area contributed by atoms with E-state index in [0.29, 0.717) is 19.1 Å². The van der Waals surface area contributed by atoms with Crippen molar-refractivity contribution < 1.29 is 14.3 Å². The molecule has 0 aromatic heterocycles. The van der Waals surface area contributed by atoms with Gasteiger partial charge in [-0.25, -0.2) is 0 Å². The largest absolute Gasteiger partial charge is 0.494 e. The van der Waals surface area contributed by atoms with Gasteiger partial charge in [-0.3, -0.25) is 14.5 Å². The van der Waals surface area contributed by atoms with Gasteiger partial charge in [0.05, 0.1) is 19.7 Å². The number of carbonyl (C=O) groups is 2. The standard InChI is InChI=1S/C24H39N3O3/c1-6-30-21-11-9-19(10-12-21)7-8-20-13-15-27(16-14-20)18-23(29)26(5)17-22(28)25-24(2,3)4/h9-12,20H,6-8,13-18H2,1-5H3,(H,25,28). The van der Waals surface area contributed by atoms with E-state index in [0.717, 1.165) is 38.1 Å². The van der Waals surface area contributed by atoms with Gasteiger partial charge in [0.15, 0.2) is 0 Å². The van der Waals surface area contributed by atoms with E-state index in [1.807, 2.05) is 39.8 Å². The Kier molecular flexibility index (Phi) is 9.15. The lowest BCUT2D eigenvalue weighted by molar-refractivity contribution is -0.136. The summed E-state index contributed by atoms with van der Waals surface area (Å²) < 4.78 is 5.50. The third-order valence-corrected chi connectivity index (χ3v) is 5.46. The van der Waals surface area contributed by atoms with Gasteiger partial charge >= 0.3 is 0 Å². The quantitative estimate of drug-likeness (QED) is 0.671. The number of nitrogens with zero attached hydrogens (tertiary/aromatic N) is 2. The number of likely N-dealkylation sites (tertiary alicyclic amines) is 1. The molecule has 2 rings (SSSR count). The van der Waals surface area contributed by atoms with Gasteiger partial charge in [0, 0.05) is 12.6 Å². The van der Waals surface area contributed by atoms with Crippen LogP contribution in [-0.2, 0) is 16.0 Å². The van der Waals surface area contributed by atoms with Crippen molar-refractivity contribution >= 4 is 11.8 Å². The lowest BCUT2D eigenvalue weighted by Gasteiger charge is -2.32. The molecule has 0 radical (unpaired) electrons. The molecule has 6 nitrogen and oxygen atoms in total. The third-order valence-electron chi connectivity index (χ3n) is 5.46. The molecule has 0 saturated carbocycles. The van der Waals surface area contributed by atoms with Crippen molar-refractivity contribution in [1.82, 2.24) is 15.1 Å². The van der Waals surface area contributed by atoms with Crippen LogP contribution in [0, 0.1) is 5.92 Å². The van der Waals surface area contributed by atoms with Crippen LogP contribution in [0.15, 0.2) is 24.3 Å². The summed E-state index contributed by atoms with van der Waals surface area (Å²) in [4.78, 5) is 28.2. The number of amides is 2. The first-order valence-corrected chi connectivity index (χ1v) is 11.2. The highest BCUT2D eigenvalue weighted by molar-refractivity contribution is 5.85. The monoisotopic (exact) mass is 417 g/mol. The van der Waals surface area contributed by atoms with E-state index in [4.69, 9.17) is 4.74 Å². The first-order valence-electron chi connectivity index (χ1n) is 11.2. The van der Waals surface area contributed by atoms with Crippen molar-refractivity contribution in [1.29, 1.82) is 0 Å². The number of carbonyl (C=O) groups excluding carboxylic acids is 2. The predicted octanol–water partition coefficient (Wildman–Crippen LogP) is 3.10. The van der Waals surface area contributed by atoms with Crippen molar-refractivity contribution in [3.8, 4) is 5.75 Å². The maximum atomic E-state index is 12.5. The molecule has 1 aromatic rings. The van der Waals surface area contributed by atoms with Gasteiger partial charge in [-0.2, -0.15) is 0 Å². The van der Waals surface area contributed by atoms with Crippen LogP contribution < -0.4 is 10.1 Å². The average Bonchev–Trinajstić information content (AvgIpc) is 2.67. The van der Waals surface area contributed by atoms with Crippen LogP contribution in [0.5, 0.6) is 5.75 Å². The summed E-state index contributed by atoms with van der Waals surface area (Å²) in [5.41, 5.74) is 1.07. The van der Waals surface area contributed by atoms with Gasteiger partial charge in [0.1, 0.15) is 5.75 Å². The van der Waals surface area contributed by atoms with Crippen molar-refractivity contribution in [2.45, 2.75) is 58.9 Å². The molecule has 1 heterocycles. The number of aryl methyl sites for hydroxylation is 1. The highest BCUT2D eigenvalue weighted by atomic mass is 16.5. The minimum atomic E-state index is -0.284. The third kappa shape index (κ3) is 8.74. The lowest BCUT2D eigenvalue weighted by Crippen LogP contribution is -2.48. The number of hydrogen-bond acceptors (Lipinski definition) is 4. The van der Waals surface area contributed by atoms with Gasteiger partial charge in [-0.05, 0) is 90.1 Å². The Balaban J connectivity index is 1.67. The summed E-state index contributed by atoms with van der Waals surface area (Å²) in [6.45, 7) is 10.9. The van der Waals surface area contributed by atoms with Crippen LogP contribution >= 0.6 is 0 Å². The maximum Gasteiger partial charge on any atom is 0.240 e. The van der Waals surface area contributed by atoms with Crippen molar-refractivity contribution in [2.75, 3.05) is 39.8 Å². The molecular weight excluding hydrogens is 378 g/mol. The van der Waals surface area contributed by atoms with E-state index in [9.17, 15) is 9.59 Å². The molecule has 0 aliphatic carbocycles. The molecule has 30 heavy (non-hydrogen) atoms. The average molecular weight is 418 g/mol. The summed E-state index contributed by atoms with van der Waals surface area (Å²) in [5.74, 6) is 1.52. The fraction of sp³-hybridized carbons (Fsp3) is 0.667. The van der Waals surface area contributed by atoms with Gasteiger partial charge in [0.25, 0.3) is 0 Å². The van der Waals surface area contributed by atoms with Crippen LogP contribution in [0.4, 0.5) is 0 Å². The number of ether oxygens (including phenoxy) is 1. The number of hydrogen-bond donors (Lipinski definition) is 1. The van der Waals surface area contributed by atoms with Crippen LogP contribution in [0.2, 0.25) is 0 Å². The molecule has 168 valence electrons. The Hall–Kier alpha value is -2.08. The van der Waals surface area contributed by atoms with Crippen LogP contribution in [0.1, 0.15) is 52.5 Å². The highest BCUT2D eigenvalue weighted by Crippen LogP contribution is 2.23. The van der Waals surface area contributed by atoms with E-state index in [2.05, 4.69) is 22.3 Å². The van der Waals surface area contributed by atoms with E-state index in [1.165, 1.54) is 16.9 Å². The summed E-state index contributed by atoms with van der Waals surface area (Å²) in [6.07, 6.45) is 4.52. The summed E-state index contributed by atoms with van der Waals surface area (Å²) in [6, 6.07) is 8.41. The summed E-state index contributed by atoms with van der Waals surface area (Å²) in [5, 5.41) is 2.90. The second-order valence-electron chi connectivity index (χ2n) is 9.38. The minimum absolute atomic E-state index is 0.00639. The number of likely N-dealkylation sites (N-methyl/N-ethyl adjacent to an activating group) is 1. The van der Waals surface area contributed by atoms with Crippen molar-refractivity contribution in [3.63, 3.8) is 0 Å². The summed E-state index contributed by atoms with van der Waals surface area (Å²) >= 11 is 0. The zero-order valence-corrected chi connectivity index (χ0v) is 19.4. The lowest BCUT2D eigenvalue weighted by atomic mass is 9.90. The second kappa shape index (κ2) is 11.3. The fourth-order valence-corrected chi connectivity index (χ4v) is 3.80. The number of nitrogens with one attached hydrogen (secondary N) is 1. The van der Waals surface area contributed by atoms with Crippen molar-refractivity contribution in [3.05, 3.63) is 29.8 Å². The second-order valence-corrected chi connectivity index (χ2v) is 9.38. The van der Waals surface area contributed by atoms with Crippen LogP contribution in [-0.4, -0.2) is 67.0 Å². The molecule has 6 heteroatoms. The minimum Gasteiger partial charge on any atom is -0.494 e. The molecule has 1 aliphatic heterocycles. The fourth-order valence-electron chi connectivity index (χ4n) is 3.80. The molecule has 1 saturated heterocycles. The molecule has 1 fully saturated rings. The Morgan fingerprint density at radius 3 is 2.37 bits per heavy atom. The Bertz CT molecular complexity index is 674. The molecule has 0 spiro atoms. The SMILES string of the molecule is CCOc1ccc(CCC2CCN(CC(=O)N(C)CC(=O)NC(C)(C)C)CC2)cc1. The number of piperidine rings is 1. The molecule has 0 atom stereocenters. The predicted molar refractivity (Wildman–Crippen MR) is 121 cm³/mol. The zero-order chi connectivity index (χ0) is 22.1. The topological polar surface area (TPSA) is 61.9 Å². The first-order chi connectivity index (χ1) is 14.2. The van der Waals surface area contributed by atoms with Gasteiger partial charge in [-0.15, -0.1) is 0 Å². The first kappa shape index (κ1) is 24.2. The molecule has 1 aliphatic rings. The van der Waals surface area contributed by atoms with Gasteiger partial charge in [-0.1, -0.05) is 12.1 Å². The number of benzene rings is 1. The molecule has 0 unspecified atom stereocenters. The van der Waals surface area contributed by atoms with E-state index < -0.39 is 0 Å². The van der Waals surface area contributed by atoms with Gasteiger partial charge in [0.2, 0.25) is 11.8 Å². The Morgan fingerprint density at radius 1 is 1.17 bits per heavy atom. The molecule has 0 bridgehead atoms. The zero-order valence-electron chi connectivity index (χ0n) is 19.4. The number of rotatable bonds is 9. The van der Waals surface area contributed by atoms with E-state index in [1.54, 1.807) is 7.05 Å². The molecule has 1 N–H and O–H groups in total. The summed E-state index contributed by atoms with van der Waals surface area (Å²) in [7, 11) is 1.70. The Labute approximate surface area is 182 Å². The highest BCUT2D eigenvalue weighted by Gasteiger charge is 2.23. The smallest absolute Gasteiger partial charge is 0.240 e. The molecular formula is C24H39N3O3. The van der Waals surface area contributed by atoms with Crippen LogP contribution in [0.25, 0.3) is 0 Å². The van der Waals surface area contributed by atoms with E-state index in [-0.39, 0.29) is 23.9 Å². The molecule has 1 aromatic carbocycles. The normalized spacial score (nSPS) is 15.6. The maximum absolute atomic E-state index is 12.5. The van der Waals surface area contributed by atoms with Crippen LogP contribution in [0.3, 0.4) is 0 Å². The van der Waals surface area contributed by atoms with E-state index >= 15 is 0 Å². The molecule has 2 amide bonds. The van der Waals surface area contributed by atoms with Crippen molar-refractivity contribution in [2.24, 2.45) is 5.92 Å². The van der Waals surface area contributed by atoms with Gasteiger partial charge < -0.3 is 15.0 Å². The Morgan fingerprint density at radius 2 is 1.80 bits per heavy atom.